The van der Waals surface area contributed by atoms with E-state index >= 15 is 0 Å². The maximum absolute atomic E-state index is 6.09. The maximum atomic E-state index is 6.09. The van der Waals surface area contributed by atoms with Crippen molar-refractivity contribution in [2.45, 2.75) is 58.8 Å². The summed E-state index contributed by atoms with van der Waals surface area (Å²) in [7, 11) is 0. The molecule has 1 aliphatic heterocycles. The van der Waals surface area contributed by atoms with E-state index in [4.69, 9.17) is 19.2 Å². The molecule has 3 aromatic rings. The van der Waals surface area contributed by atoms with Gasteiger partial charge in [0.2, 0.25) is 0 Å². The van der Waals surface area contributed by atoms with Crippen LogP contribution in [0.25, 0.3) is 22.2 Å². The van der Waals surface area contributed by atoms with Crippen molar-refractivity contribution in [1.82, 2.24) is 4.98 Å². The van der Waals surface area contributed by atoms with Gasteiger partial charge in [0.05, 0.1) is 17.3 Å². The highest BCUT2D eigenvalue weighted by molar-refractivity contribution is 5.83. The number of ether oxygens (including phenoxy) is 3. The number of hydrogen-bond donors (Lipinski definition) is 0. The van der Waals surface area contributed by atoms with Crippen LogP contribution in [0.3, 0.4) is 0 Å². The van der Waals surface area contributed by atoms with Gasteiger partial charge in [-0.15, -0.1) is 0 Å². The van der Waals surface area contributed by atoms with Crippen LogP contribution in [0.5, 0.6) is 5.75 Å². The van der Waals surface area contributed by atoms with Crippen molar-refractivity contribution in [2.24, 2.45) is 0 Å². The molecular formula is C28H36N2O3. The largest absolute Gasteiger partial charge is 0.491 e. The van der Waals surface area contributed by atoms with Crippen molar-refractivity contribution in [3.63, 3.8) is 0 Å². The molecule has 2 heterocycles. The third-order valence-electron chi connectivity index (χ3n) is 6.33. The molecule has 5 heteroatoms. The molecule has 2 atom stereocenters. The van der Waals surface area contributed by atoms with Gasteiger partial charge in [0.15, 0.2) is 6.29 Å². The normalized spacial score (nSPS) is 17.1. The van der Waals surface area contributed by atoms with E-state index in [9.17, 15) is 0 Å². The van der Waals surface area contributed by atoms with Crippen molar-refractivity contribution in [2.75, 3.05) is 31.2 Å². The lowest BCUT2D eigenvalue weighted by Gasteiger charge is -2.27. The lowest BCUT2D eigenvalue weighted by Crippen LogP contribution is -2.31. The number of aromatic nitrogens is 1. The van der Waals surface area contributed by atoms with Crippen molar-refractivity contribution >= 4 is 16.6 Å². The van der Waals surface area contributed by atoms with Crippen molar-refractivity contribution < 1.29 is 14.2 Å². The van der Waals surface area contributed by atoms with Crippen LogP contribution in [0.4, 0.5) is 5.69 Å². The molecule has 1 aliphatic rings. The van der Waals surface area contributed by atoms with Crippen LogP contribution in [0.2, 0.25) is 0 Å². The van der Waals surface area contributed by atoms with E-state index in [1.54, 1.807) is 0 Å². The van der Waals surface area contributed by atoms with Gasteiger partial charge in [0, 0.05) is 36.3 Å². The summed E-state index contributed by atoms with van der Waals surface area (Å²) in [6.45, 7) is 9.81. The van der Waals surface area contributed by atoms with Gasteiger partial charge in [-0.25, -0.2) is 4.98 Å². The predicted molar refractivity (Wildman–Crippen MR) is 135 cm³/mol. The number of rotatable bonds is 10. The van der Waals surface area contributed by atoms with Gasteiger partial charge in [0.25, 0.3) is 0 Å². The van der Waals surface area contributed by atoms with Gasteiger partial charge in [-0.05, 0) is 75.9 Å². The molecule has 176 valence electrons. The van der Waals surface area contributed by atoms with Crippen LogP contribution in [0.1, 0.15) is 46.5 Å². The minimum absolute atomic E-state index is 0.0311. The summed E-state index contributed by atoms with van der Waals surface area (Å²) in [5.74, 6) is 0.840. The van der Waals surface area contributed by atoms with Gasteiger partial charge in [-0.2, -0.15) is 0 Å². The first-order chi connectivity index (χ1) is 16.2. The van der Waals surface area contributed by atoms with E-state index < -0.39 is 0 Å². The third-order valence-corrected chi connectivity index (χ3v) is 6.33. The van der Waals surface area contributed by atoms with Crippen LogP contribution in [-0.4, -0.2) is 43.7 Å². The summed E-state index contributed by atoms with van der Waals surface area (Å²) in [6, 6.07) is 18.9. The number of pyridine rings is 1. The van der Waals surface area contributed by atoms with Gasteiger partial charge in [-0.1, -0.05) is 25.1 Å². The van der Waals surface area contributed by atoms with E-state index in [0.29, 0.717) is 6.61 Å². The fourth-order valence-corrected chi connectivity index (χ4v) is 4.26. The molecule has 2 unspecified atom stereocenters. The smallest absolute Gasteiger partial charge is 0.158 e. The minimum atomic E-state index is -0.0902. The zero-order valence-corrected chi connectivity index (χ0v) is 20.1. The summed E-state index contributed by atoms with van der Waals surface area (Å²) >= 11 is 0. The second kappa shape index (κ2) is 11.5. The van der Waals surface area contributed by atoms with Gasteiger partial charge in [0.1, 0.15) is 12.4 Å². The van der Waals surface area contributed by atoms with Crippen LogP contribution in [-0.2, 0) is 9.47 Å². The van der Waals surface area contributed by atoms with Crippen LogP contribution in [0.15, 0.2) is 54.6 Å². The summed E-state index contributed by atoms with van der Waals surface area (Å²) in [4.78, 5) is 7.22. The first-order valence-electron chi connectivity index (χ1n) is 12.4. The Morgan fingerprint density at radius 1 is 1.00 bits per heavy atom. The minimum Gasteiger partial charge on any atom is -0.491 e. The first-order valence-corrected chi connectivity index (χ1v) is 12.4. The SMILES string of the molecule is CCC(COc1ccc2nc(-c3ccc(N(CC)CC)cc3)ccc2c1)OC1CCCCO1. The molecule has 0 amide bonds. The highest BCUT2D eigenvalue weighted by Gasteiger charge is 2.19. The Labute approximate surface area is 197 Å². The summed E-state index contributed by atoms with van der Waals surface area (Å²) in [6.07, 6.45) is 4.10. The van der Waals surface area contributed by atoms with E-state index in [2.05, 4.69) is 68.1 Å². The average Bonchev–Trinajstić information content (AvgIpc) is 2.88. The molecule has 1 aromatic heterocycles. The third kappa shape index (κ3) is 6.04. The molecule has 0 N–H and O–H groups in total. The van der Waals surface area contributed by atoms with Crippen molar-refractivity contribution in [1.29, 1.82) is 0 Å². The Morgan fingerprint density at radius 3 is 2.52 bits per heavy atom. The standard InChI is InChI=1S/C28H36N2O3/c1-4-24(33-28-9-7-8-18-31-28)20-32-25-15-17-27-22(19-25)12-16-26(29-27)21-10-13-23(14-11-21)30(5-2)6-3/h10-17,19,24,28H,4-9,18,20H2,1-3H3. The summed E-state index contributed by atoms with van der Waals surface area (Å²) in [5, 5.41) is 1.07. The molecule has 33 heavy (non-hydrogen) atoms. The lowest BCUT2D eigenvalue weighted by atomic mass is 10.1. The second-order valence-electron chi connectivity index (χ2n) is 8.54. The molecule has 0 saturated carbocycles. The molecule has 0 radical (unpaired) electrons. The van der Waals surface area contributed by atoms with E-state index in [1.165, 1.54) is 12.1 Å². The fourth-order valence-electron chi connectivity index (χ4n) is 4.26. The van der Waals surface area contributed by atoms with Crippen molar-refractivity contribution in [3.05, 3.63) is 54.6 Å². The lowest BCUT2D eigenvalue weighted by molar-refractivity contribution is -0.193. The fraction of sp³-hybridized carbons (Fsp3) is 0.464. The van der Waals surface area contributed by atoms with Gasteiger partial charge < -0.3 is 19.1 Å². The Morgan fingerprint density at radius 2 is 1.82 bits per heavy atom. The van der Waals surface area contributed by atoms with Crippen LogP contribution in [0, 0.1) is 0 Å². The van der Waals surface area contributed by atoms with Crippen LogP contribution < -0.4 is 9.64 Å². The maximum Gasteiger partial charge on any atom is 0.158 e. The molecule has 0 bridgehead atoms. The Bertz CT molecular complexity index is 1010. The molecular weight excluding hydrogens is 412 g/mol. The number of hydrogen-bond acceptors (Lipinski definition) is 5. The Hall–Kier alpha value is -2.63. The zero-order valence-electron chi connectivity index (χ0n) is 20.1. The topological polar surface area (TPSA) is 43.8 Å². The Kier molecular flexibility index (Phi) is 8.19. The van der Waals surface area contributed by atoms with Gasteiger partial charge in [-0.3, -0.25) is 0 Å². The molecule has 1 fully saturated rings. The monoisotopic (exact) mass is 448 g/mol. The first kappa shape index (κ1) is 23.5. The quantitative estimate of drug-likeness (QED) is 0.357. The number of anilines is 1. The average molecular weight is 449 g/mol. The number of fused-ring (bicyclic) bond motifs is 1. The van der Waals surface area contributed by atoms with E-state index in [0.717, 1.165) is 66.9 Å². The van der Waals surface area contributed by atoms with Crippen LogP contribution >= 0.6 is 0 Å². The number of benzene rings is 2. The van der Waals surface area contributed by atoms with E-state index in [1.807, 2.05) is 12.1 Å². The highest BCUT2D eigenvalue weighted by Crippen LogP contribution is 2.26. The van der Waals surface area contributed by atoms with Crippen molar-refractivity contribution in [3.8, 4) is 17.0 Å². The predicted octanol–water partition coefficient (Wildman–Crippen LogP) is 6.45. The summed E-state index contributed by atoms with van der Waals surface area (Å²) < 4.78 is 17.9. The molecule has 5 nitrogen and oxygen atoms in total. The van der Waals surface area contributed by atoms with E-state index in [-0.39, 0.29) is 12.4 Å². The molecule has 2 aromatic carbocycles. The zero-order chi connectivity index (χ0) is 23.0. The Balaban J connectivity index is 1.41. The molecule has 0 spiro atoms. The number of nitrogens with zero attached hydrogens (tertiary/aromatic N) is 2. The molecule has 1 saturated heterocycles. The highest BCUT2D eigenvalue weighted by atomic mass is 16.7. The summed E-state index contributed by atoms with van der Waals surface area (Å²) in [5.41, 5.74) is 4.32. The van der Waals surface area contributed by atoms with Gasteiger partial charge >= 0.3 is 0 Å². The molecule has 0 aliphatic carbocycles. The molecule has 4 rings (SSSR count). The second-order valence-corrected chi connectivity index (χ2v) is 8.54.